The zero-order valence-electron chi connectivity index (χ0n) is 12.6. The fourth-order valence-corrected chi connectivity index (χ4v) is 1.87. The Morgan fingerprint density at radius 3 is 2.57 bits per heavy atom. The molecular formula is C17H17N3O3. The molecule has 0 saturated heterocycles. The van der Waals surface area contributed by atoms with Crippen molar-refractivity contribution in [3.63, 3.8) is 0 Å². The standard InChI is InChI=1S/C17H17N3O3/c1-12-3-2-4-15(9-12)18-11-16(21)20-19-10-13-5-7-14(8-6-13)17(22)23/h2-10,18H,11H2,1H3,(H,20,21)(H,22,23). The maximum atomic E-state index is 11.7. The number of hydrogen-bond acceptors (Lipinski definition) is 4. The summed E-state index contributed by atoms with van der Waals surface area (Å²) in [7, 11) is 0. The summed E-state index contributed by atoms with van der Waals surface area (Å²) in [5, 5.41) is 15.6. The lowest BCUT2D eigenvalue weighted by molar-refractivity contribution is -0.119. The molecule has 3 N–H and O–H groups in total. The minimum atomic E-state index is -0.982. The van der Waals surface area contributed by atoms with E-state index in [1.807, 2.05) is 31.2 Å². The number of aromatic carboxylic acids is 1. The van der Waals surface area contributed by atoms with Gasteiger partial charge in [0.1, 0.15) is 0 Å². The third-order valence-corrected chi connectivity index (χ3v) is 3.03. The van der Waals surface area contributed by atoms with Gasteiger partial charge in [0, 0.05) is 5.69 Å². The summed E-state index contributed by atoms with van der Waals surface area (Å²) < 4.78 is 0. The zero-order chi connectivity index (χ0) is 16.7. The Hall–Kier alpha value is -3.15. The lowest BCUT2D eigenvalue weighted by atomic mass is 10.1. The van der Waals surface area contributed by atoms with E-state index in [-0.39, 0.29) is 18.0 Å². The monoisotopic (exact) mass is 311 g/mol. The van der Waals surface area contributed by atoms with E-state index in [1.165, 1.54) is 18.3 Å². The molecular weight excluding hydrogens is 294 g/mol. The van der Waals surface area contributed by atoms with Gasteiger partial charge in [-0.15, -0.1) is 0 Å². The largest absolute Gasteiger partial charge is 0.478 e. The van der Waals surface area contributed by atoms with Crippen LogP contribution in [0.2, 0.25) is 0 Å². The van der Waals surface area contributed by atoms with Crippen LogP contribution in [0.25, 0.3) is 0 Å². The zero-order valence-corrected chi connectivity index (χ0v) is 12.6. The number of nitrogens with one attached hydrogen (secondary N) is 2. The molecule has 6 heteroatoms. The van der Waals surface area contributed by atoms with Crippen LogP contribution in [0.4, 0.5) is 5.69 Å². The molecule has 0 atom stereocenters. The van der Waals surface area contributed by atoms with Gasteiger partial charge in [0.15, 0.2) is 0 Å². The molecule has 0 saturated carbocycles. The number of rotatable bonds is 6. The predicted molar refractivity (Wildman–Crippen MR) is 88.8 cm³/mol. The number of carboxylic acids is 1. The summed E-state index contributed by atoms with van der Waals surface area (Å²) in [5.41, 5.74) is 5.28. The molecule has 0 heterocycles. The fourth-order valence-electron chi connectivity index (χ4n) is 1.87. The van der Waals surface area contributed by atoms with Crippen molar-refractivity contribution >= 4 is 23.8 Å². The SMILES string of the molecule is Cc1cccc(NCC(=O)NN=Cc2ccc(C(=O)O)cc2)c1. The van der Waals surface area contributed by atoms with E-state index in [0.717, 1.165) is 11.3 Å². The van der Waals surface area contributed by atoms with Gasteiger partial charge in [0.05, 0.1) is 18.3 Å². The number of aryl methyl sites for hydroxylation is 1. The van der Waals surface area contributed by atoms with Crippen LogP contribution < -0.4 is 10.7 Å². The second-order valence-electron chi connectivity index (χ2n) is 4.94. The minimum Gasteiger partial charge on any atom is -0.478 e. The number of hydrogen-bond donors (Lipinski definition) is 3. The van der Waals surface area contributed by atoms with Crippen molar-refractivity contribution in [2.45, 2.75) is 6.92 Å². The second kappa shape index (κ2) is 7.74. The molecule has 23 heavy (non-hydrogen) atoms. The van der Waals surface area contributed by atoms with Gasteiger partial charge < -0.3 is 10.4 Å². The van der Waals surface area contributed by atoms with Crippen molar-refractivity contribution in [3.8, 4) is 0 Å². The number of anilines is 1. The number of carboxylic acid groups (broad SMARTS) is 1. The van der Waals surface area contributed by atoms with Crippen LogP contribution >= 0.6 is 0 Å². The second-order valence-corrected chi connectivity index (χ2v) is 4.94. The van der Waals surface area contributed by atoms with Crippen LogP contribution in [-0.2, 0) is 4.79 Å². The molecule has 118 valence electrons. The number of carbonyl (C=O) groups is 2. The quantitative estimate of drug-likeness (QED) is 0.564. The maximum absolute atomic E-state index is 11.7. The summed E-state index contributed by atoms with van der Waals surface area (Å²) in [6.45, 7) is 2.09. The minimum absolute atomic E-state index is 0.110. The summed E-state index contributed by atoms with van der Waals surface area (Å²) in [6, 6.07) is 13.9. The molecule has 0 fully saturated rings. The summed E-state index contributed by atoms with van der Waals surface area (Å²) >= 11 is 0. The summed E-state index contributed by atoms with van der Waals surface area (Å²) in [6.07, 6.45) is 1.45. The number of carbonyl (C=O) groups excluding carboxylic acids is 1. The molecule has 2 aromatic carbocycles. The van der Waals surface area contributed by atoms with Gasteiger partial charge in [0.2, 0.25) is 0 Å². The van der Waals surface area contributed by atoms with Crippen LogP contribution in [-0.4, -0.2) is 29.7 Å². The maximum Gasteiger partial charge on any atom is 0.335 e. The molecule has 0 aliphatic carbocycles. The first kappa shape index (κ1) is 16.2. The molecule has 2 aromatic rings. The highest BCUT2D eigenvalue weighted by molar-refractivity contribution is 5.89. The van der Waals surface area contributed by atoms with Gasteiger partial charge in [0.25, 0.3) is 5.91 Å². The van der Waals surface area contributed by atoms with E-state index in [1.54, 1.807) is 12.1 Å². The predicted octanol–water partition coefficient (Wildman–Crippen LogP) is 2.26. The van der Waals surface area contributed by atoms with E-state index in [2.05, 4.69) is 15.8 Å². The van der Waals surface area contributed by atoms with E-state index in [0.29, 0.717) is 5.56 Å². The Morgan fingerprint density at radius 2 is 1.91 bits per heavy atom. The highest BCUT2D eigenvalue weighted by Gasteiger charge is 2.01. The molecule has 0 aliphatic rings. The molecule has 0 radical (unpaired) electrons. The van der Waals surface area contributed by atoms with Gasteiger partial charge in [-0.05, 0) is 42.3 Å². The van der Waals surface area contributed by atoms with Gasteiger partial charge in [-0.1, -0.05) is 24.3 Å². The summed E-state index contributed by atoms with van der Waals surface area (Å²) in [5.74, 6) is -1.26. The van der Waals surface area contributed by atoms with Crippen molar-refractivity contribution in [3.05, 3.63) is 65.2 Å². The third kappa shape index (κ3) is 5.28. The highest BCUT2D eigenvalue weighted by Crippen LogP contribution is 2.08. The number of benzene rings is 2. The van der Waals surface area contributed by atoms with Crippen LogP contribution in [0.5, 0.6) is 0 Å². The Labute approximate surface area is 133 Å². The third-order valence-electron chi connectivity index (χ3n) is 3.03. The first-order valence-electron chi connectivity index (χ1n) is 7.00. The van der Waals surface area contributed by atoms with Crippen molar-refractivity contribution in [2.75, 3.05) is 11.9 Å². The Morgan fingerprint density at radius 1 is 1.17 bits per heavy atom. The first-order chi connectivity index (χ1) is 11.0. The topological polar surface area (TPSA) is 90.8 Å². The normalized spacial score (nSPS) is 10.5. The lowest BCUT2D eigenvalue weighted by Gasteiger charge is -2.05. The smallest absolute Gasteiger partial charge is 0.335 e. The fraction of sp³-hybridized carbons (Fsp3) is 0.118. The van der Waals surface area contributed by atoms with E-state index < -0.39 is 5.97 Å². The average molecular weight is 311 g/mol. The van der Waals surface area contributed by atoms with E-state index in [9.17, 15) is 9.59 Å². The Kier molecular flexibility index (Phi) is 5.46. The van der Waals surface area contributed by atoms with Gasteiger partial charge in [-0.2, -0.15) is 5.10 Å². The lowest BCUT2D eigenvalue weighted by Crippen LogP contribution is -2.25. The number of nitrogens with zero attached hydrogens (tertiary/aromatic N) is 1. The van der Waals surface area contributed by atoms with Crippen LogP contribution in [0.15, 0.2) is 53.6 Å². The Balaban J connectivity index is 1.80. The van der Waals surface area contributed by atoms with E-state index in [4.69, 9.17) is 5.11 Å². The Bertz CT molecular complexity index is 724. The summed E-state index contributed by atoms with van der Waals surface area (Å²) in [4.78, 5) is 22.4. The van der Waals surface area contributed by atoms with E-state index >= 15 is 0 Å². The molecule has 0 aromatic heterocycles. The van der Waals surface area contributed by atoms with Gasteiger partial charge in [-0.25, -0.2) is 10.2 Å². The molecule has 0 aliphatic heterocycles. The highest BCUT2D eigenvalue weighted by atomic mass is 16.4. The van der Waals surface area contributed by atoms with Crippen LogP contribution in [0.3, 0.4) is 0 Å². The van der Waals surface area contributed by atoms with Crippen molar-refractivity contribution in [2.24, 2.45) is 5.10 Å². The first-order valence-corrected chi connectivity index (χ1v) is 7.00. The van der Waals surface area contributed by atoms with Crippen LogP contribution in [0, 0.1) is 6.92 Å². The number of amides is 1. The van der Waals surface area contributed by atoms with Crippen molar-refractivity contribution < 1.29 is 14.7 Å². The van der Waals surface area contributed by atoms with Crippen molar-refractivity contribution in [1.29, 1.82) is 0 Å². The molecule has 2 rings (SSSR count). The molecule has 0 bridgehead atoms. The number of hydrazone groups is 1. The average Bonchev–Trinajstić information content (AvgIpc) is 2.53. The molecule has 0 spiro atoms. The van der Waals surface area contributed by atoms with Crippen molar-refractivity contribution in [1.82, 2.24) is 5.43 Å². The van der Waals surface area contributed by atoms with Gasteiger partial charge >= 0.3 is 5.97 Å². The molecule has 0 unspecified atom stereocenters. The van der Waals surface area contributed by atoms with Crippen LogP contribution in [0.1, 0.15) is 21.5 Å². The van der Waals surface area contributed by atoms with Gasteiger partial charge in [-0.3, -0.25) is 4.79 Å². The molecule has 6 nitrogen and oxygen atoms in total. The molecule has 1 amide bonds.